The summed E-state index contributed by atoms with van der Waals surface area (Å²) in [5.74, 6) is -0.00708. The van der Waals surface area contributed by atoms with E-state index in [4.69, 9.17) is 10.5 Å². The van der Waals surface area contributed by atoms with E-state index in [1.54, 1.807) is 0 Å². The van der Waals surface area contributed by atoms with Crippen molar-refractivity contribution >= 4 is 5.78 Å². The fourth-order valence-electron chi connectivity index (χ4n) is 1.77. The average molecular weight is 191 g/mol. The van der Waals surface area contributed by atoms with Crippen LogP contribution in [0.15, 0.2) is 18.2 Å². The zero-order valence-corrected chi connectivity index (χ0v) is 7.95. The molecule has 0 saturated carbocycles. The number of carbonyl (C=O) groups excluding carboxylic acids is 1. The Morgan fingerprint density at radius 2 is 2.36 bits per heavy atom. The number of ketones is 1. The van der Waals surface area contributed by atoms with Crippen LogP contribution in [0.1, 0.15) is 21.5 Å². The molecule has 1 heterocycles. The molecule has 1 aliphatic heterocycles. The first-order valence-electron chi connectivity index (χ1n) is 4.74. The fourth-order valence-corrected chi connectivity index (χ4v) is 1.77. The van der Waals surface area contributed by atoms with Gasteiger partial charge in [0.05, 0.1) is 19.8 Å². The molecule has 14 heavy (non-hydrogen) atoms. The van der Waals surface area contributed by atoms with Crippen LogP contribution in [0.4, 0.5) is 0 Å². The third kappa shape index (κ3) is 1.56. The first-order valence-corrected chi connectivity index (χ1v) is 4.74. The number of Topliss-reactive ketones (excluding diaryl/α,β-unsaturated/α-hetero) is 1. The summed E-state index contributed by atoms with van der Waals surface area (Å²) in [6, 6.07) is 5.78. The molecule has 0 aliphatic carbocycles. The molecule has 74 valence electrons. The minimum Gasteiger partial charge on any atom is -0.376 e. The lowest BCUT2D eigenvalue weighted by atomic mass is 9.95. The zero-order valence-electron chi connectivity index (χ0n) is 7.95. The number of fused-ring (bicyclic) bond motifs is 1. The lowest BCUT2D eigenvalue weighted by Crippen LogP contribution is -2.19. The maximum absolute atomic E-state index is 11.5. The fraction of sp³-hybridized carbons (Fsp3) is 0.364. The van der Waals surface area contributed by atoms with Gasteiger partial charge in [0, 0.05) is 5.56 Å². The summed E-state index contributed by atoms with van der Waals surface area (Å²) in [5.41, 5.74) is 8.31. The first-order chi connectivity index (χ1) is 6.83. The van der Waals surface area contributed by atoms with Crippen molar-refractivity contribution in [2.24, 2.45) is 5.73 Å². The molecule has 0 aromatic heterocycles. The molecule has 1 aromatic carbocycles. The zero-order chi connectivity index (χ0) is 9.97. The molecule has 0 bridgehead atoms. The number of nitrogens with two attached hydrogens (primary N) is 1. The average Bonchev–Trinajstić information content (AvgIpc) is 2.27. The molecule has 3 nitrogen and oxygen atoms in total. The highest BCUT2D eigenvalue weighted by Gasteiger charge is 2.16. The molecule has 0 atom stereocenters. The predicted octanol–water partition coefficient (Wildman–Crippen LogP) is 0.901. The number of hydrogen-bond acceptors (Lipinski definition) is 3. The van der Waals surface area contributed by atoms with Crippen molar-refractivity contribution in [3.05, 3.63) is 34.9 Å². The van der Waals surface area contributed by atoms with Gasteiger partial charge >= 0.3 is 0 Å². The quantitative estimate of drug-likeness (QED) is 0.707. The number of hydrogen-bond donors (Lipinski definition) is 1. The van der Waals surface area contributed by atoms with Crippen LogP contribution >= 0.6 is 0 Å². The van der Waals surface area contributed by atoms with Crippen LogP contribution in [0.2, 0.25) is 0 Å². The second-order valence-corrected chi connectivity index (χ2v) is 3.37. The van der Waals surface area contributed by atoms with Crippen molar-refractivity contribution in [1.29, 1.82) is 0 Å². The van der Waals surface area contributed by atoms with E-state index in [0.717, 1.165) is 24.2 Å². The Balaban J connectivity index is 2.45. The van der Waals surface area contributed by atoms with Crippen LogP contribution in [-0.4, -0.2) is 18.9 Å². The van der Waals surface area contributed by atoms with E-state index in [-0.39, 0.29) is 12.3 Å². The highest BCUT2D eigenvalue weighted by Crippen LogP contribution is 2.20. The van der Waals surface area contributed by atoms with E-state index in [2.05, 4.69) is 0 Å². The largest absolute Gasteiger partial charge is 0.376 e. The Morgan fingerprint density at radius 3 is 3.14 bits per heavy atom. The standard InChI is InChI=1S/C11H13NO2/c12-6-11(13)9-3-1-2-8-4-5-14-7-10(8)9/h1-3H,4-7,12H2. The maximum atomic E-state index is 11.5. The van der Waals surface area contributed by atoms with Crippen LogP contribution in [0.25, 0.3) is 0 Å². The van der Waals surface area contributed by atoms with Gasteiger partial charge in [0.15, 0.2) is 5.78 Å². The lowest BCUT2D eigenvalue weighted by molar-refractivity contribution is 0.0968. The van der Waals surface area contributed by atoms with Gasteiger partial charge in [-0.3, -0.25) is 4.79 Å². The van der Waals surface area contributed by atoms with E-state index in [9.17, 15) is 4.79 Å². The first kappa shape index (κ1) is 9.37. The van der Waals surface area contributed by atoms with Crippen LogP contribution in [-0.2, 0) is 17.8 Å². The van der Waals surface area contributed by atoms with E-state index in [1.807, 2.05) is 18.2 Å². The van der Waals surface area contributed by atoms with Crippen molar-refractivity contribution in [3.63, 3.8) is 0 Å². The molecule has 0 spiro atoms. The highest BCUT2D eigenvalue weighted by molar-refractivity contribution is 5.99. The van der Waals surface area contributed by atoms with Crippen LogP contribution < -0.4 is 5.73 Å². The van der Waals surface area contributed by atoms with Gasteiger partial charge in [-0.15, -0.1) is 0 Å². The smallest absolute Gasteiger partial charge is 0.176 e. The number of ether oxygens (including phenoxy) is 1. The van der Waals surface area contributed by atoms with Crippen LogP contribution in [0, 0.1) is 0 Å². The summed E-state index contributed by atoms with van der Waals surface area (Å²) < 4.78 is 5.34. The SMILES string of the molecule is NCC(=O)c1cccc2c1COCC2. The number of rotatable bonds is 2. The Bertz CT molecular complexity index is 360. The normalized spacial score (nSPS) is 14.9. The van der Waals surface area contributed by atoms with Gasteiger partial charge in [-0.2, -0.15) is 0 Å². The van der Waals surface area contributed by atoms with Crippen LogP contribution in [0.3, 0.4) is 0 Å². The second-order valence-electron chi connectivity index (χ2n) is 3.37. The van der Waals surface area contributed by atoms with Crippen molar-refractivity contribution < 1.29 is 9.53 Å². The van der Waals surface area contributed by atoms with Gasteiger partial charge in [-0.1, -0.05) is 18.2 Å². The third-order valence-electron chi connectivity index (χ3n) is 2.52. The number of benzene rings is 1. The minimum atomic E-state index is -0.00708. The second kappa shape index (κ2) is 3.90. The molecule has 0 saturated heterocycles. The molecular formula is C11H13NO2. The lowest BCUT2D eigenvalue weighted by Gasteiger charge is -2.18. The van der Waals surface area contributed by atoms with Gasteiger partial charge in [0.2, 0.25) is 0 Å². The number of carbonyl (C=O) groups is 1. The molecule has 3 heteroatoms. The molecule has 2 N–H and O–H groups in total. The molecule has 0 unspecified atom stereocenters. The summed E-state index contributed by atoms with van der Waals surface area (Å²) >= 11 is 0. The molecule has 0 fully saturated rings. The van der Waals surface area contributed by atoms with Gasteiger partial charge < -0.3 is 10.5 Å². The van der Waals surface area contributed by atoms with E-state index >= 15 is 0 Å². The van der Waals surface area contributed by atoms with E-state index in [1.165, 1.54) is 5.56 Å². The highest BCUT2D eigenvalue weighted by atomic mass is 16.5. The van der Waals surface area contributed by atoms with Gasteiger partial charge in [-0.25, -0.2) is 0 Å². The molecule has 1 aromatic rings. The van der Waals surface area contributed by atoms with Crippen molar-refractivity contribution in [2.45, 2.75) is 13.0 Å². The monoisotopic (exact) mass is 191 g/mol. The summed E-state index contributed by atoms with van der Waals surface area (Å²) in [4.78, 5) is 11.5. The van der Waals surface area contributed by atoms with Gasteiger partial charge in [-0.05, 0) is 17.5 Å². The van der Waals surface area contributed by atoms with Crippen molar-refractivity contribution in [3.8, 4) is 0 Å². The molecule has 0 radical (unpaired) electrons. The van der Waals surface area contributed by atoms with Gasteiger partial charge in [0.25, 0.3) is 0 Å². The summed E-state index contributed by atoms with van der Waals surface area (Å²) in [7, 11) is 0. The Labute approximate surface area is 82.9 Å². The van der Waals surface area contributed by atoms with Crippen molar-refractivity contribution in [2.75, 3.05) is 13.2 Å². The summed E-state index contributed by atoms with van der Waals surface area (Å²) in [6.45, 7) is 1.35. The minimum absolute atomic E-state index is 0.00708. The Kier molecular flexibility index (Phi) is 2.61. The molecule has 2 rings (SSSR count). The topological polar surface area (TPSA) is 52.3 Å². The van der Waals surface area contributed by atoms with Gasteiger partial charge in [0.1, 0.15) is 0 Å². The third-order valence-corrected chi connectivity index (χ3v) is 2.52. The van der Waals surface area contributed by atoms with Crippen LogP contribution in [0.5, 0.6) is 0 Å². The Hall–Kier alpha value is -1.19. The molecule has 1 aliphatic rings. The molecular weight excluding hydrogens is 178 g/mol. The summed E-state index contributed by atoms with van der Waals surface area (Å²) in [5, 5.41) is 0. The van der Waals surface area contributed by atoms with E-state index in [0.29, 0.717) is 6.61 Å². The molecule has 0 amide bonds. The maximum Gasteiger partial charge on any atom is 0.176 e. The summed E-state index contributed by atoms with van der Waals surface area (Å²) in [6.07, 6.45) is 0.890. The van der Waals surface area contributed by atoms with Crippen molar-refractivity contribution in [1.82, 2.24) is 0 Å². The Morgan fingerprint density at radius 1 is 1.50 bits per heavy atom. The predicted molar refractivity (Wildman–Crippen MR) is 53.2 cm³/mol. The van der Waals surface area contributed by atoms with E-state index < -0.39 is 0 Å².